The van der Waals surface area contributed by atoms with Crippen LogP contribution in [0.1, 0.15) is 41.6 Å². The zero-order valence-electron chi connectivity index (χ0n) is 12.3. The molecule has 21 heavy (non-hydrogen) atoms. The summed E-state index contributed by atoms with van der Waals surface area (Å²) in [5.41, 5.74) is 1.67. The number of methoxy groups -OCH3 is 1. The number of ether oxygens (including phenoxy) is 1. The van der Waals surface area contributed by atoms with E-state index >= 15 is 0 Å². The zero-order valence-corrected chi connectivity index (χ0v) is 13.9. The van der Waals surface area contributed by atoms with Gasteiger partial charge in [-0.05, 0) is 37.1 Å². The summed E-state index contributed by atoms with van der Waals surface area (Å²) in [6, 6.07) is 5.78. The summed E-state index contributed by atoms with van der Waals surface area (Å²) in [5, 5.41) is 9.57. The Labute approximate surface area is 134 Å². The molecule has 1 aromatic carbocycles. The Morgan fingerprint density at radius 3 is 2.90 bits per heavy atom. The summed E-state index contributed by atoms with van der Waals surface area (Å²) in [6.45, 7) is 2.00. The molecule has 0 radical (unpaired) electrons. The van der Waals surface area contributed by atoms with Crippen molar-refractivity contribution in [3.05, 3.63) is 33.8 Å². The predicted molar refractivity (Wildman–Crippen MR) is 85.2 cm³/mol. The van der Waals surface area contributed by atoms with Crippen molar-refractivity contribution in [3.8, 4) is 0 Å². The number of carbonyl (C=O) groups excluding carboxylic acids is 1. The molecule has 116 valence electrons. The fourth-order valence-electron chi connectivity index (χ4n) is 2.79. The Bertz CT molecular complexity index is 492. The van der Waals surface area contributed by atoms with Crippen LogP contribution < -0.4 is 0 Å². The van der Waals surface area contributed by atoms with Crippen LogP contribution in [-0.2, 0) is 11.3 Å². The number of hydrogen-bond acceptors (Lipinski definition) is 4. The predicted octanol–water partition coefficient (Wildman–Crippen LogP) is 2.97. The van der Waals surface area contributed by atoms with Crippen LogP contribution in [0.2, 0.25) is 0 Å². The quantitative estimate of drug-likeness (QED) is 0.843. The highest BCUT2D eigenvalue weighted by atomic mass is 79.9. The van der Waals surface area contributed by atoms with Crippen LogP contribution in [0.15, 0.2) is 22.7 Å². The molecular weight excluding hydrogens is 334 g/mol. The molecule has 0 aromatic heterocycles. The van der Waals surface area contributed by atoms with Gasteiger partial charge in [0.15, 0.2) is 0 Å². The van der Waals surface area contributed by atoms with Crippen molar-refractivity contribution in [1.29, 1.82) is 0 Å². The van der Waals surface area contributed by atoms with Crippen LogP contribution in [0.4, 0.5) is 0 Å². The van der Waals surface area contributed by atoms with E-state index in [1.165, 1.54) is 26.4 Å². The van der Waals surface area contributed by atoms with Crippen molar-refractivity contribution < 1.29 is 14.6 Å². The Kier molecular flexibility index (Phi) is 6.21. The number of likely N-dealkylation sites (tertiary alicyclic amines) is 1. The molecule has 0 saturated carbocycles. The monoisotopic (exact) mass is 355 g/mol. The number of rotatable bonds is 4. The van der Waals surface area contributed by atoms with E-state index in [2.05, 4.69) is 20.8 Å². The number of nitrogens with zero attached hydrogens (tertiary/aromatic N) is 1. The largest absolute Gasteiger partial charge is 0.465 e. The first-order chi connectivity index (χ1) is 10.2. The highest BCUT2D eigenvalue weighted by molar-refractivity contribution is 9.10. The van der Waals surface area contributed by atoms with Crippen LogP contribution in [0.25, 0.3) is 0 Å². The standard InChI is InChI=1S/C16H22BrNO3/c1-21-16(20)12-6-7-13(15(17)9-12)10-18-8-4-2-3-5-14(18)11-19/h6-7,9,14,19H,2-5,8,10-11H2,1H3. The lowest BCUT2D eigenvalue weighted by molar-refractivity contribution is 0.0600. The number of carbonyl (C=O) groups is 1. The highest BCUT2D eigenvalue weighted by Crippen LogP contribution is 2.24. The molecule has 4 nitrogen and oxygen atoms in total. The maximum atomic E-state index is 11.5. The molecule has 0 spiro atoms. The third kappa shape index (κ3) is 4.28. The molecule has 1 heterocycles. The van der Waals surface area contributed by atoms with Gasteiger partial charge in [0, 0.05) is 17.1 Å². The van der Waals surface area contributed by atoms with E-state index in [1.54, 1.807) is 12.1 Å². The van der Waals surface area contributed by atoms with E-state index < -0.39 is 0 Å². The number of aliphatic hydroxyl groups is 1. The topological polar surface area (TPSA) is 49.8 Å². The van der Waals surface area contributed by atoms with Crippen LogP contribution in [0.3, 0.4) is 0 Å². The second kappa shape index (κ2) is 7.92. The van der Waals surface area contributed by atoms with Gasteiger partial charge in [0.1, 0.15) is 0 Å². The third-order valence-electron chi connectivity index (χ3n) is 4.06. The molecule has 1 aromatic rings. The molecule has 1 aliphatic rings. The van der Waals surface area contributed by atoms with Crippen LogP contribution in [0, 0.1) is 0 Å². The van der Waals surface area contributed by atoms with E-state index in [-0.39, 0.29) is 18.6 Å². The molecule has 1 aliphatic heterocycles. The normalized spacial score (nSPS) is 20.0. The summed E-state index contributed by atoms with van der Waals surface area (Å²) in [4.78, 5) is 13.9. The minimum absolute atomic E-state index is 0.206. The van der Waals surface area contributed by atoms with Gasteiger partial charge in [-0.3, -0.25) is 4.90 Å². The number of halogens is 1. The zero-order chi connectivity index (χ0) is 15.2. The van der Waals surface area contributed by atoms with E-state index in [0.717, 1.165) is 29.5 Å². The minimum Gasteiger partial charge on any atom is -0.465 e. The molecule has 5 heteroatoms. The van der Waals surface area contributed by atoms with Gasteiger partial charge in [0.25, 0.3) is 0 Å². The van der Waals surface area contributed by atoms with Gasteiger partial charge >= 0.3 is 5.97 Å². The summed E-state index contributed by atoms with van der Waals surface area (Å²) in [7, 11) is 1.38. The summed E-state index contributed by atoms with van der Waals surface area (Å²) >= 11 is 3.54. The van der Waals surface area contributed by atoms with Gasteiger partial charge < -0.3 is 9.84 Å². The second-order valence-corrected chi connectivity index (χ2v) is 6.31. The molecule has 1 atom stereocenters. The summed E-state index contributed by atoms with van der Waals surface area (Å²) in [6.07, 6.45) is 4.64. The summed E-state index contributed by atoms with van der Waals surface area (Å²) in [5.74, 6) is -0.328. The van der Waals surface area contributed by atoms with Crippen molar-refractivity contribution in [2.75, 3.05) is 20.3 Å². The van der Waals surface area contributed by atoms with Gasteiger partial charge in [-0.1, -0.05) is 34.8 Å². The molecule has 0 amide bonds. The Morgan fingerprint density at radius 2 is 2.24 bits per heavy atom. The minimum atomic E-state index is -0.328. The maximum absolute atomic E-state index is 11.5. The van der Waals surface area contributed by atoms with Gasteiger partial charge in [0.2, 0.25) is 0 Å². The van der Waals surface area contributed by atoms with Crippen molar-refractivity contribution in [1.82, 2.24) is 4.90 Å². The van der Waals surface area contributed by atoms with Gasteiger partial charge in [0.05, 0.1) is 19.3 Å². The Balaban J connectivity index is 2.12. The molecule has 0 bridgehead atoms. The molecular formula is C16H22BrNO3. The van der Waals surface area contributed by atoms with E-state index in [4.69, 9.17) is 4.74 Å². The summed E-state index contributed by atoms with van der Waals surface area (Å²) < 4.78 is 5.64. The molecule has 2 rings (SSSR count). The van der Waals surface area contributed by atoms with Crippen LogP contribution in [0.5, 0.6) is 0 Å². The SMILES string of the molecule is COC(=O)c1ccc(CN2CCCCCC2CO)c(Br)c1. The smallest absolute Gasteiger partial charge is 0.337 e. The fraction of sp³-hybridized carbons (Fsp3) is 0.562. The third-order valence-corrected chi connectivity index (χ3v) is 4.80. The first kappa shape index (κ1) is 16.5. The average molecular weight is 356 g/mol. The van der Waals surface area contributed by atoms with Gasteiger partial charge in [-0.2, -0.15) is 0 Å². The van der Waals surface area contributed by atoms with Gasteiger partial charge in [-0.15, -0.1) is 0 Å². The Hall–Kier alpha value is -0.910. The van der Waals surface area contributed by atoms with E-state index in [9.17, 15) is 9.90 Å². The number of benzene rings is 1. The Morgan fingerprint density at radius 1 is 1.43 bits per heavy atom. The lowest BCUT2D eigenvalue weighted by Gasteiger charge is -2.28. The molecule has 1 fully saturated rings. The first-order valence-electron chi connectivity index (χ1n) is 7.37. The van der Waals surface area contributed by atoms with Crippen molar-refractivity contribution in [3.63, 3.8) is 0 Å². The lowest BCUT2D eigenvalue weighted by atomic mass is 10.1. The van der Waals surface area contributed by atoms with Crippen LogP contribution >= 0.6 is 15.9 Å². The number of aliphatic hydroxyl groups excluding tert-OH is 1. The van der Waals surface area contributed by atoms with Crippen molar-refractivity contribution in [2.24, 2.45) is 0 Å². The number of hydrogen-bond donors (Lipinski definition) is 1. The molecule has 1 N–H and O–H groups in total. The first-order valence-corrected chi connectivity index (χ1v) is 8.16. The average Bonchev–Trinajstić information content (AvgIpc) is 2.73. The molecule has 1 unspecified atom stereocenters. The van der Waals surface area contributed by atoms with Crippen molar-refractivity contribution in [2.45, 2.75) is 38.3 Å². The fourth-order valence-corrected chi connectivity index (χ4v) is 3.30. The van der Waals surface area contributed by atoms with Crippen LogP contribution in [-0.4, -0.2) is 42.3 Å². The molecule has 0 aliphatic carbocycles. The van der Waals surface area contributed by atoms with E-state index in [1.807, 2.05) is 6.07 Å². The number of esters is 1. The highest BCUT2D eigenvalue weighted by Gasteiger charge is 2.21. The van der Waals surface area contributed by atoms with Gasteiger partial charge in [-0.25, -0.2) is 4.79 Å². The van der Waals surface area contributed by atoms with Crippen molar-refractivity contribution >= 4 is 21.9 Å². The maximum Gasteiger partial charge on any atom is 0.337 e. The second-order valence-electron chi connectivity index (χ2n) is 5.45. The molecule has 1 saturated heterocycles. The van der Waals surface area contributed by atoms with E-state index in [0.29, 0.717) is 5.56 Å². The lowest BCUT2D eigenvalue weighted by Crippen LogP contribution is -2.37.